The van der Waals surface area contributed by atoms with E-state index in [4.69, 9.17) is 4.74 Å². The van der Waals surface area contributed by atoms with Crippen molar-refractivity contribution in [2.24, 2.45) is 5.10 Å². The minimum Gasteiger partial charge on any atom is -0.490 e. The number of amides is 1. The smallest absolute Gasteiger partial charge is 0.271 e. The Kier molecular flexibility index (Phi) is 5.79. The molecular formula is C17H15N3O4. The molecule has 0 aliphatic rings. The number of nitrogens with one attached hydrogen (secondary N) is 1. The molecule has 2 rings (SSSR count). The van der Waals surface area contributed by atoms with Gasteiger partial charge < -0.3 is 4.74 Å². The number of hydrogen-bond donors (Lipinski definition) is 1. The summed E-state index contributed by atoms with van der Waals surface area (Å²) in [5.74, 6) is 0.235. The molecule has 1 amide bonds. The predicted molar refractivity (Wildman–Crippen MR) is 90.3 cm³/mol. The standard InChI is InChI=1S/C17H15N3O4/c1-2-10-24-16-8-6-14(7-9-16)17(21)19-18-12-13-4-3-5-15(11-13)20(22)23/h2-9,11-12H,1,10H2,(H,19,21)/b18-12+. The van der Waals surface area contributed by atoms with E-state index in [9.17, 15) is 14.9 Å². The van der Waals surface area contributed by atoms with Gasteiger partial charge in [-0.15, -0.1) is 0 Å². The third-order valence-corrected chi connectivity index (χ3v) is 2.95. The molecule has 0 fully saturated rings. The predicted octanol–water partition coefficient (Wildman–Crippen LogP) is 2.92. The van der Waals surface area contributed by atoms with Crippen molar-refractivity contribution in [3.05, 3.63) is 82.4 Å². The largest absolute Gasteiger partial charge is 0.490 e. The summed E-state index contributed by atoms with van der Waals surface area (Å²) < 4.78 is 5.32. The number of hydrogen-bond acceptors (Lipinski definition) is 5. The molecule has 0 spiro atoms. The van der Waals surface area contributed by atoms with E-state index in [2.05, 4.69) is 17.1 Å². The van der Waals surface area contributed by atoms with Crippen LogP contribution in [0.1, 0.15) is 15.9 Å². The van der Waals surface area contributed by atoms with Crippen LogP contribution >= 0.6 is 0 Å². The molecule has 0 unspecified atom stereocenters. The van der Waals surface area contributed by atoms with Crippen LogP contribution in [0.2, 0.25) is 0 Å². The summed E-state index contributed by atoms with van der Waals surface area (Å²) in [6.45, 7) is 3.94. The Morgan fingerprint density at radius 1 is 1.29 bits per heavy atom. The molecule has 0 saturated heterocycles. The molecule has 0 aliphatic heterocycles. The average molecular weight is 325 g/mol. The number of carbonyl (C=O) groups excluding carboxylic acids is 1. The van der Waals surface area contributed by atoms with Crippen molar-refractivity contribution in [3.8, 4) is 5.75 Å². The zero-order valence-corrected chi connectivity index (χ0v) is 12.7. The van der Waals surface area contributed by atoms with Crippen molar-refractivity contribution in [3.63, 3.8) is 0 Å². The lowest BCUT2D eigenvalue weighted by molar-refractivity contribution is -0.384. The summed E-state index contributed by atoms with van der Waals surface area (Å²) in [5, 5.41) is 14.5. The van der Waals surface area contributed by atoms with Crippen molar-refractivity contribution >= 4 is 17.8 Å². The van der Waals surface area contributed by atoms with Crippen molar-refractivity contribution in [2.45, 2.75) is 0 Å². The number of rotatable bonds is 7. The fraction of sp³-hybridized carbons (Fsp3) is 0.0588. The van der Waals surface area contributed by atoms with Crippen LogP contribution in [0, 0.1) is 10.1 Å². The van der Waals surface area contributed by atoms with Gasteiger partial charge in [0.1, 0.15) is 12.4 Å². The Balaban J connectivity index is 1.96. The van der Waals surface area contributed by atoms with E-state index in [1.807, 2.05) is 0 Å². The number of nitrogens with zero attached hydrogens (tertiary/aromatic N) is 2. The topological polar surface area (TPSA) is 93.8 Å². The number of benzene rings is 2. The van der Waals surface area contributed by atoms with Crippen LogP contribution in [0.5, 0.6) is 5.75 Å². The van der Waals surface area contributed by atoms with Crippen molar-refractivity contribution < 1.29 is 14.5 Å². The van der Waals surface area contributed by atoms with Crippen LogP contribution in [0.3, 0.4) is 0 Å². The molecule has 0 aromatic heterocycles. The first-order chi connectivity index (χ1) is 11.6. The minimum atomic E-state index is -0.494. The molecule has 0 heterocycles. The fourth-order valence-corrected chi connectivity index (χ4v) is 1.81. The van der Waals surface area contributed by atoms with Gasteiger partial charge in [0.25, 0.3) is 11.6 Å². The Morgan fingerprint density at radius 3 is 2.71 bits per heavy atom. The number of nitro groups is 1. The van der Waals surface area contributed by atoms with E-state index in [0.29, 0.717) is 23.5 Å². The van der Waals surface area contributed by atoms with Gasteiger partial charge >= 0.3 is 0 Å². The van der Waals surface area contributed by atoms with Gasteiger partial charge in [-0.3, -0.25) is 14.9 Å². The maximum absolute atomic E-state index is 11.9. The third kappa shape index (κ3) is 4.77. The molecule has 1 N–H and O–H groups in total. The van der Waals surface area contributed by atoms with Crippen LogP contribution in [0.25, 0.3) is 0 Å². The maximum Gasteiger partial charge on any atom is 0.271 e. The van der Waals surface area contributed by atoms with Gasteiger partial charge in [0, 0.05) is 23.3 Å². The zero-order chi connectivity index (χ0) is 17.4. The van der Waals surface area contributed by atoms with Crippen LogP contribution in [0.4, 0.5) is 5.69 Å². The zero-order valence-electron chi connectivity index (χ0n) is 12.7. The quantitative estimate of drug-likeness (QED) is 0.366. The lowest BCUT2D eigenvalue weighted by Crippen LogP contribution is -2.17. The SMILES string of the molecule is C=CCOc1ccc(C(=O)N/N=C/c2cccc([N+](=O)[O-])c2)cc1. The molecule has 2 aromatic rings. The summed E-state index contributed by atoms with van der Waals surface area (Å²) in [6, 6.07) is 12.5. The number of carbonyl (C=O) groups is 1. The highest BCUT2D eigenvalue weighted by Gasteiger charge is 2.05. The van der Waals surface area contributed by atoms with Crippen LogP contribution < -0.4 is 10.2 Å². The second kappa shape index (κ2) is 8.23. The van der Waals surface area contributed by atoms with E-state index in [0.717, 1.165) is 0 Å². The highest BCUT2D eigenvalue weighted by Crippen LogP contribution is 2.13. The molecule has 0 radical (unpaired) electrons. The molecule has 7 heteroatoms. The summed E-state index contributed by atoms with van der Waals surface area (Å²) in [7, 11) is 0. The number of ether oxygens (including phenoxy) is 1. The van der Waals surface area contributed by atoms with Crippen molar-refractivity contribution in [1.29, 1.82) is 0 Å². The molecule has 0 saturated carbocycles. The van der Waals surface area contributed by atoms with E-state index >= 15 is 0 Å². The fourth-order valence-electron chi connectivity index (χ4n) is 1.81. The lowest BCUT2D eigenvalue weighted by atomic mass is 10.2. The molecule has 24 heavy (non-hydrogen) atoms. The van der Waals surface area contributed by atoms with Crippen LogP contribution in [-0.4, -0.2) is 23.7 Å². The van der Waals surface area contributed by atoms with Gasteiger partial charge in [-0.25, -0.2) is 5.43 Å². The second-order valence-electron chi connectivity index (χ2n) is 4.68. The Labute approximate surface area is 138 Å². The highest BCUT2D eigenvalue weighted by atomic mass is 16.6. The van der Waals surface area contributed by atoms with E-state index in [1.165, 1.54) is 18.3 Å². The first kappa shape index (κ1) is 16.9. The summed E-state index contributed by atoms with van der Waals surface area (Å²) in [6.07, 6.45) is 2.97. The molecule has 2 aromatic carbocycles. The monoisotopic (exact) mass is 325 g/mol. The Morgan fingerprint density at radius 2 is 2.04 bits per heavy atom. The van der Waals surface area contributed by atoms with E-state index < -0.39 is 10.8 Å². The van der Waals surface area contributed by atoms with E-state index in [-0.39, 0.29) is 5.69 Å². The summed E-state index contributed by atoms with van der Waals surface area (Å²) in [5.41, 5.74) is 3.25. The Bertz CT molecular complexity index is 770. The average Bonchev–Trinajstić information content (AvgIpc) is 2.60. The number of nitro benzene ring substituents is 1. The minimum absolute atomic E-state index is 0.0413. The third-order valence-electron chi connectivity index (χ3n) is 2.95. The first-order valence-corrected chi connectivity index (χ1v) is 7.02. The normalized spacial score (nSPS) is 10.3. The van der Waals surface area contributed by atoms with Gasteiger partial charge in [-0.05, 0) is 24.3 Å². The first-order valence-electron chi connectivity index (χ1n) is 7.02. The van der Waals surface area contributed by atoms with Gasteiger partial charge in [-0.1, -0.05) is 24.8 Å². The summed E-state index contributed by atoms with van der Waals surface area (Å²) in [4.78, 5) is 22.1. The van der Waals surface area contributed by atoms with Crippen molar-refractivity contribution in [2.75, 3.05) is 6.61 Å². The molecule has 0 bridgehead atoms. The van der Waals surface area contributed by atoms with Crippen molar-refractivity contribution in [1.82, 2.24) is 5.43 Å². The Hall–Kier alpha value is -3.48. The lowest BCUT2D eigenvalue weighted by Gasteiger charge is -2.04. The molecule has 122 valence electrons. The molecule has 7 nitrogen and oxygen atoms in total. The number of hydrazone groups is 1. The number of non-ortho nitro benzene ring substituents is 1. The second-order valence-corrected chi connectivity index (χ2v) is 4.68. The van der Waals surface area contributed by atoms with Gasteiger partial charge in [0.2, 0.25) is 0 Å². The van der Waals surface area contributed by atoms with E-state index in [1.54, 1.807) is 42.5 Å². The van der Waals surface area contributed by atoms with Crippen LogP contribution in [-0.2, 0) is 0 Å². The molecular weight excluding hydrogens is 310 g/mol. The van der Waals surface area contributed by atoms with Gasteiger partial charge in [0.15, 0.2) is 0 Å². The van der Waals surface area contributed by atoms with Gasteiger partial charge in [0.05, 0.1) is 11.1 Å². The van der Waals surface area contributed by atoms with Gasteiger partial charge in [-0.2, -0.15) is 5.10 Å². The molecule has 0 atom stereocenters. The summed E-state index contributed by atoms with van der Waals surface area (Å²) >= 11 is 0. The maximum atomic E-state index is 11.9. The van der Waals surface area contributed by atoms with Crippen LogP contribution in [0.15, 0.2) is 66.3 Å². The molecule has 0 aliphatic carbocycles. The highest BCUT2D eigenvalue weighted by molar-refractivity contribution is 5.95.